The van der Waals surface area contributed by atoms with Crippen molar-refractivity contribution in [2.75, 3.05) is 38.2 Å². The Morgan fingerprint density at radius 1 is 0.578 bits per heavy atom. The second kappa shape index (κ2) is 36.9. The van der Waals surface area contributed by atoms with Gasteiger partial charge in [-0.3, -0.25) is 49.1 Å². The first-order valence-corrected chi connectivity index (χ1v) is 27.4. The third kappa shape index (κ3) is 25.1. The summed E-state index contributed by atoms with van der Waals surface area (Å²) < 4.78 is 73.8. The monoisotopic (exact) mass is 1240 g/mol. The smallest absolute Gasteiger partial charge is 0.328 e. The maximum atomic E-state index is 12.7. The number of methoxy groups -OCH3 is 2. The zero-order valence-electron chi connectivity index (χ0n) is 44.2. The number of benzene rings is 2. The number of unbranched alkanes of at least 4 members (excludes halogenated alkanes) is 2. The van der Waals surface area contributed by atoms with Gasteiger partial charge in [0.1, 0.15) is 33.5 Å². The van der Waals surface area contributed by atoms with Crippen LogP contribution in [0.4, 0.5) is 11.6 Å². The Kier molecular flexibility index (Phi) is 31.4. The highest BCUT2D eigenvalue weighted by atomic mass is 35.5. The van der Waals surface area contributed by atoms with Crippen LogP contribution in [-0.2, 0) is 39.3 Å². The lowest BCUT2D eigenvalue weighted by atomic mass is 10.1. The molecular formula is C52H59Cl3N12O14S2. The predicted molar refractivity (Wildman–Crippen MR) is 312 cm³/mol. The molecule has 83 heavy (non-hydrogen) atoms. The van der Waals surface area contributed by atoms with Crippen molar-refractivity contribution in [2.24, 2.45) is 15.9 Å². The molecule has 3 amide bonds. The molecule has 0 radical (unpaired) electrons. The van der Waals surface area contributed by atoms with Crippen LogP contribution in [0.15, 0.2) is 154 Å². The number of nitrogens with two attached hydrogens (primary N) is 1. The van der Waals surface area contributed by atoms with E-state index in [4.69, 9.17) is 26.8 Å². The van der Waals surface area contributed by atoms with E-state index in [0.717, 1.165) is 6.42 Å². The molecule has 2 atom stereocenters. The lowest BCUT2D eigenvalue weighted by Gasteiger charge is -2.16. The summed E-state index contributed by atoms with van der Waals surface area (Å²) in [4.78, 5) is 86.8. The van der Waals surface area contributed by atoms with E-state index in [9.17, 15) is 54.7 Å². The number of anilines is 2. The second-order valence-electron chi connectivity index (χ2n) is 16.5. The van der Waals surface area contributed by atoms with E-state index in [1.165, 1.54) is 124 Å². The van der Waals surface area contributed by atoms with Gasteiger partial charge in [0.05, 0.1) is 37.8 Å². The average molecular weight is 1250 g/mol. The molecule has 0 aliphatic rings. The maximum absolute atomic E-state index is 12.7. The highest BCUT2D eigenvalue weighted by Gasteiger charge is 2.24. The zero-order chi connectivity index (χ0) is 59.2. The van der Waals surface area contributed by atoms with Crippen molar-refractivity contribution in [3.63, 3.8) is 0 Å². The highest BCUT2D eigenvalue weighted by molar-refractivity contribution is 7.86. The summed E-state index contributed by atoms with van der Waals surface area (Å²) in [6.45, 7) is 0.884. The zero-order valence-corrected chi connectivity index (χ0v) is 48.3. The minimum atomic E-state index is -4.42. The number of carbonyl (C=O) groups excluding carboxylic acids is 6. The summed E-state index contributed by atoms with van der Waals surface area (Å²) in [6, 6.07) is 22.1. The first-order valence-electron chi connectivity index (χ1n) is 24.1. The van der Waals surface area contributed by atoms with Crippen molar-refractivity contribution in [3.05, 3.63) is 168 Å². The van der Waals surface area contributed by atoms with E-state index in [1.807, 2.05) is 0 Å². The predicted octanol–water partition coefficient (Wildman–Crippen LogP) is 5.52. The Morgan fingerprint density at radius 3 is 1.35 bits per heavy atom. The lowest BCUT2D eigenvalue weighted by Crippen LogP contribution is -2.41. The van der Waals surface area contributed by atoms with Crippen LogP contribution < -0.4 is 32.5 Å². The van der Waals surface area contributed by atoms with Gasteiger partial charge in [-0.25, -0.2) is 19.6 Å². The number of amides is 3. The van der Waals surface area contributed by atoms with E-state index in [-0.39, 0.29) is 74.4 Å². The van der Waals surface area contributed by atoms with Gasteiger partial charge in [-0.1, -0.05) is 36.4 Å². The Labute approximate surface area is 495 Å². The molecule has 0 aliphatic heterocycles. The first-order chi connectivity index (χ1) is 38.7. The molecule has 4 heterocycles. The second-order valence-corrected chi connectivity index (χ2v) is 19.6. The molecule has 0 bridgehead atoms. The van der Waals surface area contributed by atoms with Crippen LogP contribution in [-0.4, -0.2) is 133 Å². The van der Waals surface area contributed by atoms with E-state index >= 15 is 0 Å². The SMILES string of the molecule is COC(=O)C(CCCCN)NC(=O)c1ccc(NN=Cc2ccccc2S(=O)(=O)O)nc1.COC(=O)C(CCCCNC(=O)c1ccncc1)NC(=O)c1ccc(NN=Cc2ccccc2S(=O)(=O)O)nc1.Cl.Cl.O=C(Cl)c1ccncc1. The Bertz CT molecular complexity index is 3340. The molecule has 0 saturated heterocycles. The maximum Gasteiger partial charge on any atom is 0.328 e. The number of ether oxygens (including phenoxy) is 2. The molecule has 2 aromatic carbocycles. The van der Waals surface area contributed by atoms with E-state index < -0.39 is 61.3 Å². The molecule has 444 valence electrons. The van der Waals surface area contributed by atoms with E-state index in [0.29, 0.717) is 56.3 Å². The van der Waals surface area contributed by atoms with Gasteiger partial charge in [0, 0.05) is 66.0 Å². The molecule has 31 heteroatoms. The number of esters is 2. The fourth-order valence-electron chi connectivity index (χ4n) is 6.69. The molecule has 9 N–H and O–H groups in total. The van der Waals surface area contributed by atoms with Crippen molar-refractivity contribution in [3.8, 4) is 0 Å². The van der Waals surface area contributed by atoms with Gasteiger partial charge in [-0.2, -0.15) is 27.0 Å². The standard InChI is InChI=1S/C26H28N6O7S.C20H25N5O6S.C6H4ClNO.2ClH/c1-39-26(35)21(7-4-5-13-28-24(33)18-11-14-27-15-12-18)31-25(34)20-9-10-23(29-16-20)32-30-17-19-6-2-3-8-22(19)40(36,37)38;1-31-20(27)16(7-4-5-11-21)24-19(26)15-9-10-18(22-12-15)25-23-13-14-6-2-3-8-17(14)32(28,29)30;7-6(9)5-1-3-8-4-2-5;;/h2-3,6,8-12,14-17,21H,4-5,7,13H2,1H3,(H,28,33)(H,29,32)(H,31,34)(H,36,37,38);2-3,6,8-10,12-13,16H,4-5,7,11,21H2,1H3,(H,22,25)(H,24,26)(H,28,29,30);1-4H;2*1H. The van der Waals surface area contributed by atoms with Crippen LogP contribution in [0, 0.1) is 0 Å². The van der Waals surface area contributed by atoms with Crippen molar-refractivity contribution in [1.82, 2.24) is 35.9 Å². The summed E-state index contributed by atoms with van der Waals surface area (Å²) in [6.07, 6.45) is 14.3. The molecule has 6 aromatic rings. The number of hydrogen-bond acceptors (Lipinski definition) is 21. The van der Waals surface area contributed by atoms with Crippen molar-refractivity contribution >= 4 is 116 Å². The number of halogens is 3. The molecule has 2 unspecified atom stereocenters. The molecule has 6 rings (SSSR count). The number of nitrogens with zero attached hydrogens (tertiary/aromatic N) is 6. The summed E-state index contributed by atoms with van der Waals surface area (Å²) >= 11 is 5.14. The van der Waals surface area contributed by atoms with Crippen LogP contribution in [0.1, 0.15) is 91.1 Å². The van der Waals surface area contributed by atoms with E-state index in [1.54, 1.807) is 36.4 Å². The van der Waals surface area contributed by atoms with Crippen molar-refractivity contribution in [1.29, 1.82) is 0 Å². The first kappa shape index (κ1) is 70.8. The topological polar surface area (TPSA) is 392 Å². The molecule has 0 spiro atoms. The number of hydrogen-bond donors (Lipinski definition) is 8. The molecule has 0 saturated carbocycles. The fraction of sp³-hybridized carbons (Fsp3) is 0.231. The summed E-state index contributed by atoms with van der Waals surface area (Å²) in [5.74, 6) is -1.84. The number of rotatable bonds is 25. The Hall–Kier alpha value is -8.35. The number of pyridine rings is 4. The van der Waals surface area contributed by atoms with Crippen LogP contribution in [0.5, 0.6) is 0 Å². The summed E-state index contributed by atoms with van der Waals surface area (Å²) in [5.41, 5.74) is 12.4. The number of hydrazone groups is 2. The van der Waals surface area contributed by atoms with Gasteiger partial charge < -0.3 is 31.2 Å². The summed E-state index contributed by atoms with van der Waals surface area (Å²) in [7, 11) is -6.32. The molecular weight excluding hydrogens is 1190 g/mol. The van der Waals surface area contributed by atoms with Crippen LogP contribution in [0.25, 0.3) is 0 Å². The van der Waals surface area contributed by atoms with Gasteiger partial charge in [0.15, 0.2) is 0 Å². The minimum Gasteiger partial charge on any atom is -0.467 e. The van der Waals surface area contributed by atoms with Gasteiger partial charge in [0.2, 0.25) is 0 Å². The third-order valence-corrected chi connectivity index (χ3v) is 12.9. The third-order valence-electron chi connectivity index (χ3n) is 10.8. The van der Waals surface area contributed by atoms with Gasteiger partial charge in [-0.05, 0) is 117 Å². The lowest BCUT2D eigenvalue weighted by molar-refractivity contribution is -0.143. The fourth-order valence-corrected chi connectivity index (χ4v) is 8.16. The molecule has 26 nitrogen and oxygen atoms in total. The van der Waals surface area contributed by atoms with Crippen LogP contribution in [0.3, 0.4) is 0 Å². The summed E-state index contributed by atoms with van der Waals surface area (Å²) in [5, 5.41) is 15.4. The Balaban J connectivity index is 0.000000489. The van der Waals surface area contributed by atoms with Crippen LogP contribution in [0.2, 0.25) is 0 Å². The van der Waals surface area contributed by atoms with E-state index in [2.05, 4.69) is 56.9 Å². The molecule has 0 aliphatic carbocycles. The molecule has 4 aromatic heterocycles. The number of nitrogens with one attached hydrogen (secondary N) is 5. The van der Waals surface area contributed by atoms with Gasteiger partial charge in [-0.15, -0.1) is 24.8 Å². The van der Waals surface area contributed by atoms with Gasteiger partial charge in [0.25, 0.3) is 43.2 Å². The quantitative estimate of drug-likeness (QED) is 0.00873. The Morgan fingerprint density at radius 2 is 0.988 bits per heavy atom. The average Bonchev–Trinajstić information content (AvgIpc) is 3.62. The minimum absolute atomic E-state index is 0. The normalized spacial score (nSPS) is 11.5. The highest BCUT2D eigenvalue weighted by Crippen LogP contribution is 2.16. The molecule has 0 fully saturated rings. The largest absolute Gasteiger partial charge is 0.467 e. The van der Waals surface area contributed by atoms with Crippen molar-refractivity contribution < 1.29 is 64.2 Å². The van der Waals surface area contributed by atoms with Crippen molar-refractivity contribution in [2.45, 2.75) is 60.4 Å². The number of carbonyl (C=O) groups is 6. The number of aromatic nitrogens is 4. The van der Waals surface area contributed by atoms with Crippen LogP contribution >= 0.6 is 36.4 Å². The van der Waals surface area contributed by atoms with Gasteiger partial charge >= 0.3 is 11.9 Å².